The first kappa shape index (κ1) is 16.0. The van der Waals surface area contributed by atoms with E-state index in [9.17, 15) is 9.59 Å². The molecule has 0 spiro atoms. The summed E-state index contributed by atoms with van der Waals surface area (Å²) in [6, 6.07) is 0. The Bertz CT molecular complexity index is 331. The predicted octanol–water partition coefficient (Wildman–Crippen LogP) is 1.46. The van der Waals surface area contributed by atoms with Crippen LogP contribution in [0, 0.1) is 11.8 Å². The van der Waals surface area contributed by atoms with Crippen molar-refractivity contribution in [2.75, 3.05) is 20.2 Å². The molecule has 1 fully saturated rings. The van der Waals surface area contributed by atoms with Crippen LogP contribution in [0.25, 0.3) is 0 Å². The van der Waals surface area contributed by atoms with Gasteiger partial charge in [0.05, 0.1) is 25.2 Å². The quantitative estimate of drug-likeness (QED) is 0.710. The van der Waals surface area contributed by atoms with Crippen LogP contribution in [0.15, 0.2) is 0 Å². The fourth-order valence-corrected chi connectivity index (χ4v) is 2.66. The Kier molecular flexibility index (Phi) is 5.79. The van der Waals surface area contributed by atoms with Crippen LogP contribution in [0.4, 0.5) is 0 Å². The zero-order valence-electron chi connectivity index (χ0n) is 12.5. The molecule has 0 N–H and O–H groups in total. The van der Waals surface area contributed by atoms with Crippen molar-refractivity contribution in [1.29, 1.82) is 0 Å². The van der Waals surface area contributed by atoms with Crippen LogP contribution in [0.2, 0.25) is 0 Å². The Hall–Kier alpha value is -1.10. The monoisotopic (exact) mass is 271 g/mol. The second kappa shape index (κ2) is 6.89. The van der Waals surface area contributed by atoms with Crippen molar-refractivity contribution in [2.45, 2.75) is 46.3 Å². The van der Waals surface area contributed by atoms with Crippen molar-refractivity contribution >= 4 is 11.9 Å². The number of carbonyl (C=O) groups excluding carboxylic acids is 2. The van der Waals surface area contributed by atoms with Gasteiger partial charge in [0.25, 0.3) is 0 Å². The van der Waals surface area contributed by atoms with Crippen molar-refractivity contribution in [3.8, 4) is 0 Å². The second-order valence-corrected chi connectivity index (χ2v) is 5.27. The van der Waals surface area contributed by atoms with E-state index in [2.05, 4.69) is 4.74 Å². The van der Waals surface area contributed by atoms with Gasteiger partial charge in [-0.15, -0.1) is 0 Å². The van der Waals surface area contributed by atoms with E-state index in [1.807, 2.05) is 27.7 Å². The van der Waals surface area contributed by atoms with Crippen molar-refractivity contribution in [3.05, 3.63) is 0 Å². The van der Waals surface area contributed by atoms with E-state index >= 15 is 0 Å². The van der Waals surface area contributed by atoms with Gasteiger partial charge >= 0.3 is 5.97 Å². The summed E-state index contributed by atoms with van der Waals surface area (Å²) in [6.45, 7) is 8.51. The van der Waals surface area contributed by atoms with Crippen molar-refractivity contribution in [3.63, 3.8) is 0 Å². The zero-order valence-corrected chi connectivity index (χ0v) is 12.5. The van der Waals surface area contributed by atoms with E-state index in [4.69, 9.17) is 4.74 Å². The molecule has 0 aromatic carbocycles. The Labute approximate surface area is 115 Å². The van der Waals surface area contributed by atoms with E-state index in [-0.39, 0.29) is 42.5 Å². The number of ether oxygens (including phenoxy) is 2. The first-order chi connectivity index (χ1) is 8.92. The largest absolute Gasteiger partial charge is 0.468 e. The van der Waals surface area contributed by atoms with Gasteiger partial charge < -0.3 is 14.4 Å². The molecule has 1 aliphatic rings. The summed E-state index contributed by atoms with van der Waals surface area (Å²) in [7, 11) is 1.34. The van der Waals surface area contributed by atoms with Crippen LogP contribution in [0.3, 0.4) is 0 Å². The number of hydrogen-bond acceptors (Lipinski definition) is 4. The predicted molar refractivity (Wildman–Crippen MR) is 71.6 cm³/mol. The van der Waals surface area contributed by atoms with E-state index in [0.717, 1.165) is 6.42 Å². The highest BCUT2D eigenvalue weighted by Crippen LogP contribution is 2.33. The van der Waals surface area contributed by atoms with Gasteiger partial charge in [-0.25, -0.2) is 0 Å². The maximum absolute atomic E-state index is 12.6. The average Bonchev–Trinajstić information content (AvgIpc) is 2.62. The molecule has 0 radical (unpaired) electrons. The highest BCUT2D eigenvalue weighted by Gasteiger charge is 2.43. The summed E-state index contributed by atoms with van der Waals surface area (Å²) in [5.41, 5.74) is 0. The molecule has 1 amide bonds. The van der Waals surface area contributed by atoms with E-state index in [1.165, 1.54) is 7.11 Å². The molecule has 5 nitrogen and oxygen atoms in total. The molecule has 19 heavy (non-hydrogen) atoms. The van der Waals surface area contributed by atoms with Crippen molar-refractivity contribution < 1.29 is 19.1 Å². The van der Waals surface area contributed by atoms with Crippen LogP contribution < -0.4 is 0 Å². The summed E-state index contributed by atoms with van der Waals surface area (Å²) < 4.78 is 10.4. The minimum absolute atomic E-state index is 0.00315. The van der Waals surface area contributed by atoms with Gasteiger partial charge in [-0.3, -0.25) is 9.59 Å². The molecule has 0 saturated carbocycles. The third kappa shape index (κ3) is 3.69. The molecule has 0 aromatic heterocycles. The molecule has 4 unspecified atom stereocenters. The van der Waals surface area contributed by atoms with E-state index < -0.39 is 0 Å². The molecule has 110 valence electrons. The third-order valence-electron chi connectivity index (χ3n) is 3.88. The van der Waals surface area contributed by atoms with E-state index in [0.29, 0.717) is 6.54 Å². The Morgan fingerprint density at radius 2 is 1.84 bits per heavy atom. The number of amides is 1. The fraction of sp³-hybridized carbons (Fsp3) is 0.857. The lowest BCUT2D eigenvalue weighted by Crippen LogP contribution is -2.44. The Morgan fingerprint density at radius 3 is 2.26 bits per heavy atom. The van der Waals surface area contributed by atoms with Crippen LogP contribution in [-0.2, 0) is 19.1 Å². The van der Waals surface area contributed by atoms with Gasteiger partial charge in [-0.1, -0.05) is 13.8 Å². The molecule has 4 atom stereocenters. The summed E-state index contributed by atoms with van der Waals surface area (Å²) >= 11 is 0. The zero-order chi connectivity index (χ0) is 14.6. The van der Waals surface area contributed by atoms with Gasteiger partial charge in [0.2, 0.25) is 5.91 Å². The molecular formula is C14H25NO4. The molecule has 1 rings (SSSR count). The molecule has 1 heterocycles. The minimum Gasteiger partial charge on any atom is -0.468 e. The Morgan fingerprint density at radius 1 is 1.21 bits per heavy atom. The lowest BCUT2D eigenvalue weighted by Gasteiger charge is -2.27. The van der Waals surface area contributed by atoms with Gasteiger partial charge in [-0.05, 0) is 26.2 Å². The summed E-state index contributed by atoms with van der Waals surface area (Å²) in [4.78, 5) is 25.6. The lowest BCUT2D eigenvalue weighted by molar-refractivity contribution is -0.149. The standard InChI is InChI=1S/C14H25NO4/c1-6-7-15(8-12(16)18-5)14(17)13-9(2)10(3)19-11(13)4/h9-11,13H,6-8H2,1-5H3. The topological polar surface area (TPSA) is 55.8 Å². The molecule has 1 aliphatic heterocycles. The van der Waals surface area contributed by atoms with Gasteiger partial charge in [-0.2, -0.15) is 0 Å². The summed E-state index contributed by atoms with van der Waals surface area (Å²) in [5, 5.41) is 0. The van der Waals surface area contributed by atoms with Gasteiger partial charge in [0, 0.05) is 6.54 Å². The number of nitrogens with zero attached hydrogens (tertiary/aromatic N) is 1. The smallest absolute Gasteiger partial charge is 0.325 e. The second-order valence-electron chi connectivity index (χ2n) is 5.27. The first-order valence-electron chi connectivity index (χ1n) is 6.93. The van der Waals surface area contributed by atoms with Crippen LogP contribution in [-0.4, -0.2) is 49.2 Å². The molecule has 5 heteroatoms. The van der Waals surface area contributed by atoms with Crippen molar-refractivity contribution in [2.24, 2.45) is 11.8 Å². The highest BCUT2D eigenvalue weighted by atomic mass is 16.5. The number of rotatable bonds is 5. The number of carbonyl (C=O) groups is 2. The molecule has 0 aromatic rings. The van der Waals surface area contributed by atoms with Crippen LogP contribution in [0.1, 0.15) is 34.1 Å². The molecule has 1 saturated heterocycles. The molecule has 0 bridgehead atoms. The summed E-state index contributed by atoms with van der Waals surface area (Å²) in [5.74, 6) is -0.392. The number of hydrogen-bond donors (Lipinski definition) is 0. The van der Waals surface area contributed by atoms with Gasteiger partial charge in [0.1, 0.15) is 6.54 Å². The number of esters is 1. The first-order valence-corrected chi connectivity index (χ1v) is 6.93. The molecule has 0 aliphatic carbocycles. The van der Waals surface area contributed by atoms with Crippen LogP contribution in [0.5, 0.6) is 0 Å². The maximum Gasteiger partial charge on any atom is 0.325 e. The van der Waals surface area contributed by atoms with Crippen molar-refractivity contribution in [1.82, 2.24) is 4.90 Å². The van der Waals surface area contributed by atoms with Crippen LogP contribution >= 0.6 is 0 Å². The van der Waals surface area contributed by atoms with E-state index in [1.54, 1.807) is 4.90 Å². The summed E-state index contributed by atoms with van der Waals surface area (Å²) in [6.07, 6.45) is 0.786. The molecular weight excluding hydrogens is 246 g/mol. The highest BCUT2D eigenvalue weighted by molar-refractivity contribution is 5.84. The lowest BCUT2D eigenvalue weighted by atomic mass is 9.88. The maximum atomic E-state index is 12.6. The fourth-order valence-electron chi connectivity index (χ4n) is 2.66. The minimum atomic E-state index is -0.380. The number of methoxy groups -OCH3 is 1. The van der Waals surface area contributed by atoms with Gasteiger partial charge in [0.15, 0.2) is 0 Å². The Balaban J connectivity index is 2.78. The average molecular weight is 271 g/mol. The third-order valence-corrected chi connectivity index (χ3v) is 3.88. The SMILES string of the molecule is CCCN(CC(=O)OC)C(=O)C1C(C)OC(C)C1C. The normalized spacial score (nSPS) is 30.2.